The zero-order chi connectivity index (χ0) is 13.9. The molecule has 1 saturated heterocycles. The van der Waals surface area contributed by atoms with Crippen molar-refractivity contribution in [2.75, 3.05) is 20.2 Å². The summed E-state index contributed by atoms with van der Waals surface area (Å²) in [4.78, 5) is 12.0. The fourth-order valence-corrected chi connectivity index (χ4v) is 1.25. The fraction of sp³-hybridized carbons (Fsp3) is 0.923. The Balaban J connectivity index is 0. The average Bonchev–Trinajstić information content (AvgIpc) is 2.78. The van der Waals surface area contributed by atoms with Gasteiger partial charge in [-0.05, 0) is 33.6 Å². The van der Waals surface area contributed by atoms with Crippen LogP contribution in [0.1, 0.15) is 47.5 Å². The molecule has 2 N–H and O–H groups in total. The van der Waals surface area contributed by atoms with Crippen LogP contribution in [0.25, 0.3) is 0 Å². The van der Waals surface area contributed by atoms with Crippen LogP contribution in [0.4, 0.5) is 0 Å². The summed E-state index contributed by atoms with van der Waals surface area (Å²) in [7, 11) is 1.71. The Labute approximate surface area is 106 Å². The number of hydrogen-bond donors (Lipinski definition) is 1. The highest BCUT2D eigenvalue weighted by Crippen LogP contribution is 2.12. The molecule has 0 aliphatic carbocycles. The second-order valence-corrected chi connectivity index (χ2v) is 4.69. The second-order valence-electron chi connectivity index (χ2n) is 4.69. The first kappa shape index (κ1) is 18.7. The number of nitrogens with zero attached hydrogens (tertiary/aromatic N) is 1. The van der Waals surface area contributed by atoms with Crippen LogP contribution in [0.3, 0.4) is 0 Å². The summed E-state index contributed by atoms with van der Waals surface area (Å²) in [5, 5.41) is 0. The van der Waals surface area contributed by atoms with E-state index in [2.05, 4.69) is 0 Å². The Morgan fingerprint density at radius 1 is 1.41 bits per heavy atom. The van der Waals surface area contributed by atoms with Gasteiger partial charge in [0.15, 0.2) is 0 Å². The number of hydrogen-bond acceptors (Lipinski definition) is 3. The molecule has 4 nitrogen and oxygen atoms in total. The molecule has 4 heteroatoms. The average molecular weight is 246 g/mol. The zero-order valence-electron chi connectivity index (χ0n) is 12.3. The third-order valence-corrected chi connectivity index (χ3v) is 2.44. The van der Waals surface area contributed by atoms with E-state index in [9.17, 15) is 4.79 Å². The molecule has 1 amide bonds. The van der Waals surface area contributed by atoms with E-state index in [4.69, 9.17) is 10.5 Å². The van der Waals surface area contributed by atoms with Gasteiger partial charge in [0.25, 0.3) is 0 Å². The van der Waals surface area contributed by atoms with Crippen LogP contribution < -0.4 is 5.73 Å². The maximum atomic E-state index is 10.2. The lowest BCUT2D eigenvalue weighted by Gasteiger charge is -2.16. The van der Waals surface area contributed by atoms with Crippen molar-refractivity contribution in [3.05, 3.63) is 0 Å². The molecule has 0 aromatic rings. The molecule has 0 unspecified atom stereocenters. The standard InChI is InChI=1S/C6H12N2O.C5H12O.C2H6/c7-4-6-2-1-3-8(6)5-9;1-5(2,3)6-4;1-2/h5-6H,1-4,7H2;1-4H3;1-2H3/t6-;;/m0../s1. The maximum absolute atomic E-state index is 10.2. The van der Waals surface area contributed by atoms with E-state index in [-0.39, 0.29) is 5.60 Å². The predicted molar refractivity (Wildman–Crippen MR) is 73.0 cm³/mol. The molecule has 17 heavy (non-hydrogen) atoms. The van der Waals surface area contributed by atoms with E-state index < -0.39 is 0 Å². The quantitative estimate of drug-likeness (QED) is 0.758. The minimum Gasteiger partial charge on any atom is -0.379 e. The van der Waals surface area contributed by atoms with Crippen molar-refractivity contribution in [2.45, 2.75) is 59.1 Å². The predicted octanol–water partition coefficient (Wildman–Crippen LogP) is 2.02. The molecule has 104 valence electrons. The van der Waals surface area contributed by atoms with Crippen molar-refractivity contribution in [1.29, 1.82) is 0 Å². The molecule has 0 radical (unpaired) electrons. The lowest BCUT2D eigenvalue weighted by atomic mass is 10.2. The van der Waals surface area contributed by atoms with Gasteiger partial charge >= 0.3 is 0 Å². The van der Waals surface area contributed by atoms with Gasteiger partial charge in [-0.25, -0.2) is 0 Å². The van der Waals surface area contributed by atoms with Gasteiger partial charge < -0.3 is 15.4 Å². The van der Waals surface area contributed by atoms with E-state index in [0.29, 0.717) is 12.6 Å². The van der Waals surface area contributed by atoms with Crippen LogP contribution in [0.15, 0.2) is 0 Å². The Hall–Kier alpha value is -0.610. The van der Waals surface area contributed by atoms with Gasteiger partial charge in [0, 0.05) is 26.2 Å². The highest BCUT2D eigenvalue weighted by Gasteiger charge is 2.20. The lowest BCUT2D eigenvalue weighted by molar-refractivity contribution is -0.118. The summed E-state index contributed by atoms with van der Waals surface area (Å²) in [5.41, 5.74) is 5.44. The van der Waals surface area contributed by atoms with Crippen LogP contribution in [0, 0.1) is 0 Å². The molecule has 0 spiro atoms. The van der Waals surface area contributed by atoms with Crippen molar-refractivity contribution in [2.24, 2.45) is 5.73 Å². The summed E-state index contributed by atoms with van der Waals surface area (Å²) in [5.74, 6) is 0. The van der Waals surface area contributed by atoms with Crippen molar-refractivity contribution in [3.8, 4) is 0 Å². The number of carbonyl (C=O) groups excluding carboxylic acids is 1. The molecule has 1 aliphatic rings. The van der Waals surface area contributed by atoms with Crippen molar-refractivity contribution in [3.63, 3.8) is 0 Å². The molecule has 1 fully saturated rings. The lowest BCUT2D eigenvalue weighted by Crippen LogP contribution is -2.34. The van der Waals surface area contributed by atoms with Crippen molar-refractivity contribution < 1.29 is 9.53 Å². The highest BCUT2D eigenvalue weighted by atomic mass is 16.5. The summed E-state index contributed by atoms with van der Waals surface area (Å²) in [6, 6.07) is 0.322. The Morgan fingerprint density at radius 3 is 2.12 bits per heavy atom. The number of likely N-dealkylation sites (tertiary alicyclic amines) is 1. The van der Waals surface area contributed by atoms with Crippen LogP contribution >= 0.6 is 0 Å². The molecular weight excluding hydrogens is 216 g/mol. The van der Waals surface area contributed by atoms with Crippen molar-refractivity contribution >= 4 is 6.41 Å². The van der Waals surface area contributed by atoms with Gasteiger partial charge in [-0.2, -0.15) is 0 Å². The van der Waals surface area contributed by atoms with E-state index in [1.54, 1.807) is 12.0 Å². The Kier molecular flexibility index (Phi) is 11.6. The topological polar surface area (TPSA) is 55.6 Å². The first-order chi connectivity index (χ1) is 7.94. The third kappa shape index (κ3) is 10.3. The monoisotopic (exact) mass is 246 g/mol. The number of rotatable bonds is 2. The third-order valence-electron chi connectivity index (χ3n) is 2.44. The van der Waals surface area contributed by atoms with Crippen molar-refractivity contribution in [1.82, 2.24) is 4.90 Å². The molecule has 1 atom stereocenters. The Morgan fingerprint density at radius 2 is 1.88 bits per heavy atom. The van der Waals surface area contributed by atoms with E-state index >= 15 is 0 Å². The molecule has 0 bridgehead atoms. The van der Waals surface area contributed by atoms with Crippen LogP contribution in [-0.4, -0.2) is 43.2 Å². The van der Waals surface area contributed by atoms with Gasteiger partial charge in [0.05, 0.1) is 5.60 Å². The van der Waals surface area contributed by atoms with E-state index in [0.717, 1.165) is 25.8 Å². The number of ether oxygens (including phenoxy) is 1. The second kappa shape index (κ2) is 10.5. The molecule has 1 heterocycles. The smallest absolute Gasteiger partial charge is 0.209 e. The molecule has 0 saturated carbocycles. The number of amides is 1. The molecule has 1 rings (SSSR count). The first-order valence-electron chi connectivity index (χ1n) is 6.41. The van der Waals surface area contributed by atoms with Gasteiger partial charge in [0.2, 0.25) is 6.41 Å². The minimum atomic E-state index is 0.0417. The summed E-state index contributed by atoms with van der Waals surface area (Å²) in [6.07, 6.45) is 3.08. The number of methoxy groups -OCH3 is 1. The van der Waals surface area contributed by atoms with E-state index in [1.807, 2.05) is 34.6 Å². The van der Waals surface area contributed by atoms with Gasteiger partial charge in [-0.3, -0.25) is 4.79 Å². The van der Waals surface area contributed by atoms with Crippen LogP contribution in [0.5, 0.6) is 0 Å². The largest absolute Gasteiger partial charge is 0.379 e. The van der Waals surface area contributed by atoms with Gasteiger partial charge in [-0.15, -0.1) is 0 Å². The van der Waals surface area contributed by atoms with Crippen LogP contribution in [0.2, 0.25) is 0 Å². The molecular formula is C13H30N2O2. The summed E-state index contributed by atoms with van der Waals surface area (Å²) >= 11 is 0. The fourth-order valence-electron chi connectivity index (χ4n) is 1.25. The first-order valence-corrected chi connectivity index (χ1v) is 6.41. The highest BCUT2D eigenvalue weighted by molar-refractivity contribution is 5.48. The Bertz CT molecular complexity index is 179. The molecule has 0 aromatic carbocycles. The number of nitrogens with two attached hydrogens (primary N) is 1. The summed E-state index contributed by atoms with van der Waals surface area (Å²) < 4.78 is 4.94. The SMILES string of the molecule is CC.COC(C)(C)C.NC[C@@H]1CCCN1C=O. The molecule has 1 aliphatic heterocycles. The zero-order valence-corrected chi connectivity index (χ0v) is 12.3. The molecule has 0 aromatic heterocycles. The minimum absolute atomic E-state index is 0.0417. The van der Waals surface area contributed by atoms with Gasteiger partial charge in [0.1, 0.15) is 0 Å². The number of carbonyl (C=O) groups is 1. The van der Waals surface area contributed by atoms with E-state index in [1.165, 1.54) is 0 Å². The summed E-state index contributed by atoms with van der Waals surface area (Å²) in [6.45, 7) is 11.6. The maximum Gasteiger partial charge on any atom is 0.209 e. The van der Waals surface area contributed by atoms with Gasteiger partial charge in [-0.1, -0.05) is 13.8 Å². The van der Waals surface area contributed by atoms with Crippen LogP contribution in [-0.2, 0) is 9.53 Å². The normalized spacial score (nSPS) is 18.8.